The minimum absolute atomic E-state index is 0.0400. The predicted octanol–water partition coefficient (Wildman–Crippen LogP) is 2.85. The minimum Gasteiger partial charge on any atom is -0.493 e. The van der Waals surface area contributed by atoms with E-state index in [0.29, 0.717) is 43.1 Å². The van der Waals surface area contributed by atoms with Gasteiger partial charge in [0.1, 0.15) is 0 Å². The van der Waals surface area contributed by atoms with Crippen LogP contribution in [0.25, 0.3) is 10.9 Å². The quantitative estimate of drug-likeness (QED) is 0.544. The van der Waals surface area contributed by atoms with Crippen LogP contribution in [0.1, 0.15) is 23.1 Å². The lowest BCUT2D eigenvalue weighted by Crippen LogP contribution is -2.28. The van der Waals surface area contributed by atoms with Crippen LogP contribution in [0.5, 0.6) is 11.5 Å². The van der Waals surface area contributed by atoms with Crippen molar-refractivity contribution >= 4 is 10.9 Å². The van der Waals surface area contributed by atoms with Crippen LogP contribution >= 0.6 is 0 Å². The molecule has 2 aromatic carbocycles. The van der Waals surface area contributed by atoms with Gasteiger partial charge >= 0.3 is 0 Å². The highest BCUT2D eigenvalue weighted by molar-refractivity contribution is 5.84. The van der Waals surface area contributed by atoms with E-state index in [1.807, 2.05) is 49.4 Å². The van der Waals surface area contributed by atoms with E-state index < -0.39 is 0 Å². The molecule has 0 atom stereocenters. The Morgan fingerprint density at radius 2 is 1.72 bits per heavy atom. The summed E-state index contributed by atoms with van der Waals surface area (Å²) in [6.07, 6.45) is 0.649. The summed E-state index contributed by atoms with van der Waals surface area (Å²) in [5, 5.41) is 13.1. The van der Waals surface area contributed by atoms with Crippen LogP contribution in [0, 0.1) is 6.92 Å². The fraction of sp³-hybridized carbons (Fsp3) is 0.348. The number of nitrogens with zero attached hydrogens (tertiary/aromatic N) is 1. The van der Waals surface area contributed by atoms with E-state index in [2.05, 4.69) is 5.32 Å². The molecular weight excluding hydrogens is 368 g/mol. The van der Waals surface area contributed by atoms with Crippen LogP contribution in [0.2, 0.25) is 0 Å². The van der Waals surface area contributed by atoms with Crippen molar-refractivity contribution < 1.29 is 14.6 Å². The molecule has 0 amide bonds. The third-order valence-electron chi connectivity index (χ3n) is 4.96. The second-order valence-corrected chi connectivity index (χ2v) is 7.07. The van der Waals surface area contributed by atoms with Gasteiger partial charge < -0.3 is 24.5 Å². The van der Waals surface area contributed by atoms with Crippen molar-refractivity contribution in [2.24, 2.45) is 0 Å². The molecule has 154 valence electrons. The van der Waals surface area contributed by atoms with E-state index >= 15 is 0 Å². The summed E-state index contributed by atoms with van der Waals surface area (Å²) in [7, 11) is 3.19. The van der Waals surface area contributed by atoms with Gasteiger partial charge in [0, 0.05) is 30.2 Å². The predicted molar refractivity (Wildman–Crippen MR) is 115 cm³/mol. The molecule has 0 unspecified atom stereocenters. The molecule has 3 aromatic rings. The number of nitrogens with one attached hydrogen (secondary N) is 1. The van der Waals surface area contributed by atoms with Gasteiger partial charge in [-0.1, -0.05) is 29.8 Å². The van der Waals surface area contributed by atoms with Crippen LogP contribution in [0.3, 0.4) is 0 Å². The number of rotatable bonds is 9. The zero-order chi connectivity index (χ0) is 20.8. The number of pyridine rings is 1. The van der Waals surface area contributed by atoms with Crippen LogP contribution in [0.15, 0.2) is 47.3 Å². The molecule has 0 aliphatic carbocycles. The van der Waals surface area contributed by atoms with Crippen LogP contribution in [-0.2, 0) is 13.1 Å². The van der Waals surface area contributed by atoms with E-state index in [0.717, 1.165) is 16.5 Å². The summed E-state index contributed by atoms with van der Waals surface area (Å²) < 4.78 is 12.7. The van der Waals surface area contributed by atoms with Gasteiger partial charge in [0.15, 0.2) is 11.5 Å². The summed E-state index contributed by atoms with van der Waals surface area (Å²) in [6, 6.07) is 13.8. The first-order valence-electron chi connectivity index (χ1n) is 9.73. The monoisotopic (exact) mass is 396 g/mol. The van der Waals surface area contributed by atoms with Gasteiger partial charge in [0.25, 0.3) is 5.56 Å². The normalized spacial score (nSPS) is 11.0. The Hall–Kier alpha value is -2.83. The molecular formula is C23H28N2O4. The molecule has 29 heavy (non-hydrogen) atoms. The highest BCUT2D eigenvalue weighted by Gasteiger charge is 2.14. The molecule has 0 bridgehead atoms. The first-order chi connectivity index (χ1) is 14.1. The van der Waals surface area contributed by atoms with E-state index in [1.54, 1.807) is 18.8 Å². The molecule has 0 radical (unpaired) electrons. The summed E-state index contributed by atoms with van der Waals surface area (Å²) in [5.41, 5.74) is 3.67. The topological polar surface area (TPSA) is 72.7 Å². The molecule has 6 heteroatoms. The second kappa shape index (κ2) is 9.58. The molecule has 6 nitrogen and oxygen atoms in total. The average Bonchev–Trinajstić information content (AvgIpc) is 2.74. The van der Waals surface area contributed by atoms with Crippen molar-refractivity contribution in [2.45, 2.75) is 26.4 Å². The zero-order valence-electron chi connectivity index (χ0n) is 17.2. The maximum atomic E-state index is 13.3. The van der Waals surface area contributed by atoms with Crippen molar-refractivity contribution in [2.75, 3.05) is 27.4 Å². The van der Waals surface area contributed by atoms with Crippen molar-refractivity contribution in [3.8, 4) is 11.5 Å². The third-order valence-corrected chi connectivity index (χ3v) is 4.96. The fourth-order valence-corrected chi connectivity index (χ4v) is 3.35. The fourth-order valence-electron chi connectivity index (χ4n) is 3.35. The summed E-state index contributed by atoms with van der Waals surface area (Å²) in [5.74, 6) is 1.21. The Bertz CT molecular complexity index is 1030. The maximum absolute atomic E-state index is 13.3. The van der Waals surface area contributed by atoms with Crippen molar-refractivity contribution in [3.63, 3.8) is 0 Å². The van der Waals surface area contributed by atoms with Gasteiger partial charge in [-0.15, -0.1) is 0 Å². The molecule has 0 saturated heterocycles. The van der Waals surface area contributed by atoms with Gasteiger partial charge in [-0.25, -0.2) is 0 Å². The highest BCUT2D eigenvalue weighted by Crippen LogP contribution is 2.32. The lowest BCUT2D eigenvalue weighted by atomic mass is 10.1. The number of aliphatic hydroxyl groups excluding tert-OH is 1. The maximum Gasteiger partial charge on any atom is 0.255 e. The number of methoxy groups -OCH3 is 2. The molecule has 0 aliphatic rings. The third kappa shape index (κ3) is 4.78. The summed E-state index contributed by atoms with van der Waals surface area (Å²) in [4.78, 5) is 13.3. The van der Waals surface area contributed by atoms with Crippen LogP contribution < -0.4 is 20.3 Å². The lowest BCUT2D eigenvalue weighted by Gasteiger charge is -2.16. The molecule has 2 N–H and O–H groups in total. The summed E-state index contributed by atoms with van der Waals surface area (Å²) in [6.45, 7) is 3.73. The molecule has 0 saturated carbocycles. The standard InChI is InChI=1S/C23H28N2O4/c1-16-5-7-17(8-6-16)15-25-20-13-22(29-3)21(28-2)12-18(20)11-19(23(25)27)14-24-9-4-10-26/h5-8,11-13,24,26H,4,9-10,14-15H2,1-3H3. The molecule has 3 rings (SSSR count). The second-order valence-electron chi connectivity index (χ2n) is 7.07. The van der Waals surface area contributed by atoms with Crippen molar-refractivity contribution in [1.82, 2.24) is 9.88 Å². The Morgan fingerprint density at radius 1 is 1.03 bits per heavy atom. The van der Waals surface area contributed by atoms with E-state index in [1.165, 1.54) is 5.56 Å². The molecule has 0 spiro atoms. The largest absolute Gasteiger partial charge is 0.493 e. The lowest BCUT2D eigenvalue weighted by molar-refractivity contribution is 0.286. The first-order valence-corrected chi connectivity index (χ1v) is 9.73. The average molecular weight is 396 g/mol. The number of hydrogen-bond donors (Lipinski definition) is 2. The van der Waals surface area contributed by atoms with Crippen molar-refractivity contribution in [3.05, 3.63) is 69.5 Å². The summed E-state index contributed by atoms with van der Waals surface area (Å²) >= 11 is 0. The number of hydrogen-bond acceptors (Lipinski definition) is 5. The SMILES string of the molecule is COc1cc2cc(CNCCCO)c(=O)n(Cc3ccc(C)cc3)c2cc1OC. The molecule has 1 heterocycles. The Labute approximate surface area is 170 Å². The van der Waals surface area contributed by atoms with Gasteiger partial charge in [0.05, 0.1) is 26.3 Å². The van der Waals surface area contributed by atoms with E-state index in [9.17, 15) is 4.79 Å². The van der Waals surface area contributed by atoms with Crippen molar-refractivity contribution in [1.29, 1.82) is 0 Å². The minimum atomic E-state index is -0.0400. The number of benzene rings is 2. The highest BCUT2D eigenvalue weighted by atomic mass is 16.5. The number of aliphatic hydroxyl groups is 1. The zero-order valence-corrected chi connectivity index (χ0v) is 17.2. The van der Waals surface area contributed by atoms with E-state index in [-0.39, 0.29) is 12.2 Å². The van der Waals surface area contributed by atoms with Crippen LogP contribution in [-0.4, -0.2) is 37.0 Å². The Balaban J connectivity index is 2.11. The molecule has 1 aromatic heterocycles. The number of aromatic nitrogens is 1. The Kier molecular flexibility index (Phi) is 6.90. The molecule has 0 fully saturated rings. The number of aryl methyl sites for hydroxylation is 1. The van der Waals surface area contributed by atoms with E-state index in [4.69, 9.17) is 14.6 Å². The smallest absolute Gasteiger partial charge is 0.255 e. The van der Waals surface area contributed by atoms with Gasteiger partial charge in [-0.2, -0.15) is 0 Å². The molecule has 0 aliphatic heterocycles. The Morgan fingerprint density at radius 3 is 2.38 bits per heavy atom. The van der Waals surface area contributed by atoms with Gasteiger partial charge in [-0.05, 0) is 37.6 Å². The van der Waals surface area contributed by atoms with Gasteiger partial charge in [0.2, 0.25) is 0 Å². The number of ether oxygens (including phenoxy) is 2. The van der Waals surface area contributed by atoms with Gasteiger partial charge in [-0.3, -0.25) is 4.79 Å². The van der Waals surface area contributed by atoms with Crippen LogP contribution in [0.4, 0.5) is 0 Å². The number of fused-ring (bicyclic) bond motifs is 1. The first kappa shape index (κ1) is 20.9.